The second kappa shape index (κ2) is 6.50. The third-order valence-corrected chi connectivity index (χ3v) is 3.81. The molecular weight excluding hydrogens is 318 g/mol. The van der Waals surface area contributed by atoms with Gasteiger partial charge in [0.15, 0.2) is 0 Å². The minimum Gasteiger partial charge on any atom is -0.385 e. The zero-order valence-electron chi connectivity index (χ0n) is 12.1. The van der Waals surface area contributed by atoms with E-state index in [0.717, 1.165) is 40.8 Å². The number of ether oxygens (including phenoxy) is 1. The molecule has 0 saturated carbocycles. The third kappa shape index (κ3) is 3.90. The molecule has 0 atom stereocenters. The van der Waals surface area contributed by atoms with Crippen LogP contribution in [0.15, 0.2) is 29.0 Å². The van der Waals surface area contributed by atoms with Crippen LogP contribution in [0.3, 0.4) is 0 Å². The fourth-order valence-corrected chi connectivity index (χ4v) is 2.32. The number of benzene rings is 1. The van der Waals surface area contributed by atoms with Crippen molar-refractivity contribution in [2.24, 2.45) is 5.41 Å². The summed E-state index contributed by atoms with van der Waals surface area (Å²) in [5, 5.41) is 4.47. The lowest BCUT2D eigenvalue weighted by molar-refractivity contribution is 0.157. The number of nitrogens with zero attached hydrogens (tertiary/aromatic N) is 2. The van der Waals surface area contributed by atoms with Gasteiger partial charge in [0.1, 0.15) is 12.1 Å². The molecule has 1 aromatic carbocycles. The highest BCUT2D eigenvalue weighted by molar-refractivity contribution is 9.10. The van der Waals surface area contributed by atoms with Crippen molar-refractivity contribution in [1.29, 1.82) is 0 Å². The second-order valence-electron chi connectivity index (χ2n) is 5.64. The molecule has 0 aliphatic rings. The summed E-state index contributed by atoms with van der Waals surface area (Å²) in [5.41, 5.74) is 1.10. The Morgan fingerprint density at radius 3 is 2.85 bits per heavy atom. The molecule has 2 aromatic rings. The van der Waals surface area contributed by atoms with E-state index in [4.69, 9.17) is 4.74 Å². The van der Waals surface area contributed by atoms with Crippen LogP contribution in [0.5, 0.6) is 0 Å². The van der Waals surface area contributed by atoms with Crippen molar-refractivity contribution in [3.05, 3.63) is 29.0 Å². The summed E-state index contributed by atoms with van der Waals surface area (Å²) < 4.78 is 6.19. The summed E-state index contributed by atoms with van der Waals surface area (Å²) >= 11 is 3.49. The topological polar surface area (TPSA) is 47.0 Å². The second-order valence-corrected chi connectivity index (χ2v) is 6.56. The number of rotatable bonds is 6. The molecule has 0 fully saturated rings. The van der Waals surface area contributed by atoms with Gasteiger partial charge in [0, 0.05) is 30.1 Å². The van der Waals surface area contributed by atoms with Crippen LogP contribution in [0.2, 0.25) is 0 Å². The molecule has 1 aromatic heterocycles. The van der Waals surface area contributed by atoms with Gasteiger partial charge in [0.05, 0.1) is 5.52 Å². The Balaban J connectivity index is 2.15. The maximum atomic E-state index is 5.16. The highest BCUT2D eigenvalue weighted by atomic mass is 79.9. The summed E-state index contributed by atoms with van der Waals surface area (Å²) in [6.45, 7) is 6.05. The first-order valence-corrected chi connectivity index (χ1v) is 7.44. The minimum absolute atomic E-state index is 0.152. The van der Waals surface area contributed by atoms with E-state index >= 15 is 0 Å². The van der Waals surface area contributed by atoms with E-state index in [1.54, 1.807) is 13.4 Å². The highest BCUT2D eigenvalue weighted by Crippen LogP contribution is 2.26. The van der Waals surface area contributed by atoms with Crippen molar-refractivity contribution in [3.63, 3.8) is 0 Å². The Kier molecular flexibility index (Phi) is 4.94. The molecule has 20 heavy (non-hydrogen) atoms. The molecule has 4 nitrogen and oxygen atoms in total. The van der Waals surface area contributed by atoms with Crippen molar-refractivity contribution < 1.29 is 4.74 Å². The van der Waals surface area contributed by atoms with Crippen LogP contribution in [0.1, 0.15) is 20.3 Å². The smallest absolute Gasteiger partial charge is 0.137 e. The van der Waals surface area contributed by atoms with Crippen LogP contribution < -0.4 is 5.32 Å². The fourth-order valence-electron chi connectivity index (χ4n) is 1.96. The molecule has 0 radical (unpaired) electrons. The zero-order valence-corrected chi connectivity index (χ0v) is 13.7. The first-order valence-electron chi connectivity index (χ1n) is 6.65. The van der Waals surface area contributed by atoms with Gasteiger partial charge in [-0.05, 0) is 30.0 Å². The molecule has 0 spiro atoms. The van der Waals surface area contributed by atoms with Gasteiger partial charge >= 0.3 is 0 Å². The lowest BCUT2D eigenvalue weighted by Crippen LogP contribution is -2.25. The highest BCUT2D eigenvalue weighted by Gasteiger charge is 2.18. The standard InChI is InChI=1S/C15H20BrN3O/c1-15(2,6-7-20-3)9-17-14-12-8-11(16)4-5-13(12)18-10-19-14/h4-5,8,10H,6-7,9H2,1-3H3,(H,17,18,19). The summed E-state index contributed by atoms with van der Waals surface area (Å²) in [6, 6.07) is 6.02. The first kappa shape index (κ1) is 15.2. The van der Waals surface area contributed by atoms with Crippen LogP contribution in [0.25, 0.3) is 10.9 Å². The molecule has 0 aliphatic carbocycles. The van der Waals surface area contributed by atoms with Crippen molar-refractivity contribution in [3.8, 4) is 0 Å². The van der Waals surface area contributed by atoms with E-state index < -0.39 is 0 Å². The number of hydrogen-bond donors (Lipinski definition) is 1. The van der Waals surface area contributed by atoms with E-state index in [2.05, 4.69) is 45.1 Å². The molecular formula is C15H20BrN3O. The third-order valence-electron chi connectivity index (χ3n) is 3.31. The predicted molar refractivity (Wildman–Crippen MR) is 86.0 cm³/mol. The van der Waals surface area contributed by atoms with E-state index in [0.29, 0.717) is 0 Å². The number of nitrogens with one attached hydrogen (secondary N) is 1. The number of methoxy groups -OCH3 is 1. The number of aromatic nitrogens is 2. The summed E-state index contributed by atoms with van der Waals surface area (Å²) in [5.74, 6) is 0.877. The lowest BCUT2D eigenvalue weighted by atomic mass is 9.90. The van der Waals surface area contributed by atoms with Gasteiger partial charge in [0.25, 0.3) is 0 Å². The van der Waals surface area contributed by atoms with Crippen molar-refractivity contribution in [2.75, 3.05) is 25.6 Å². The molecule has 0 aliphatic heterocycles. The molecule has 2 rings (SSSR count). The van der Waals surface area contributed by atoms with E-state index in [1.807, 2.05) is 18.2 Å². The lowest BCUT2D eigenvalue weighted by Gasteiger charge is -2.25. The molecule has 1 heterocycles. The van der Waals surface area contributed by atoms with Gasteiger partial charge in [0.2, 0.25) is 0 Å². The number of anilines is 1. The maximum Gasteiger partial charge on any atom is 0.137 e. The number of halogens is 1. The Morgan fingerprint density at radius 2 is 2.10 bits per heavy atom. The van der Waals surface area contributed by atoms with E-state index in [-0.39, 0.29) is 5.41 Å². The Labute approximate surface area is 128 Å². The molecule has 0 amide bonds. The molecule has 0 saturated heterocycles. The van der Waals surface area contributed by atoms with Crippen molar-refractivity contribution in [2.45, 2.75) is 20.3 Å². The monoisotopic (exact) mass is 337 g/mol. The van der Waals surface area contributed by atoms with Crippen LogP contribution in [-0.4, -0.2) is 30.2 Å². The van der Waals surface area contributed by atoms with E-state index in [1.165, 1.54) is 0 Å². The SMILES string of the molecule is COCCC(C)(C)CNc1ncnc2ccc(Br)cc12. The zero-order chi connectivity index (χ0) is 14.6. The average molecular weight is 338 g/mol. The van der Waals surface area contributed by atoms with Crippen LogP contribution in [0, 0.1) is 5.41 Å². The predicted octanol–water partition coefficient (Wildman–Crippen LogP) is 3.87. The quantitative estimate of drug-likeness (QED) is 0.869. The van der Waals surface area contributed by atoms with Crippen LogP contribution in [0.4, 0.5) is 5.82 Å². The number of fused-ring (bicyclic) bond motifs is 1. The molecule has 0 bridgehead atoms. The number of hydrogen-bond acceptors (Lipinski definition) is 4. The summed E-state index contributed by atoms with van der Waals surface area (Å²) in [4.78, 5) is 8.64. The van der Waals surface area contributed by atoms with Crippen LogP contribution >= 0.6 is 15.9 Å². The Hall–Kier alpha value is -1.20. The van der Waals surface area contributed by atoms with Gasteiger partial charge in [-0.1, -0.05) is 29.8 Å². The normalized spacial score (nSPS) is 11.8. The average Bonchev–Trinajstić information content (AvgIpc) is 2.43. The van der Waals surface area contributed by atoms with Gasteiger partial charge in [-0.15, -0.1) is 0 Å². The summed E-state index contributed by atoms with van der Waals surface area (Å²) in [6.07, 6.45) is 2.60. The van der Waals surface area contributed by atoms with Gasteiger partial charge < -0.3 is 10.1 Å². The first-order chi connectivity index (χ1) is 9.52. The minimum atomic E-state index is 0.152. The van der Waals surface area contributed by atoms with Crippen molar-refractivity contribution >= 4 is 32.7 Å². The van der Waals surface area contributed by atoms with Gasteiger partial charge in [-0.2, -0.15) is 0 Å². The van der Waals surface area contributed by atoms with Crippen molar-refractivity contribution in [1.82, 2.24) is 9.97 Å². The Morgan fingerprint density at radius 1 is 1.30 bits per heavy atom. The van der Waals surface area contributed by atoms with Gasteiger partial charge in [-0.3, -0.25) is 0 Å². The summed E-state index contributed by atoms with van der Waals surface area (Å²) in [7, 11) is 1.74. The molecule has 1 N–H and O–H groups in total. The molecule has 108 valence electrons. The fraction of sp³-hybridized carbons (Fsp3) is 0.467. The Bertz CT molecular complexity index is 586. The van der Waals surface area contributed by atoms with Crippen LogP contribution in [-0.2, 0) is 4.74 Å². The molecule has 5 heteroatoms. The van der Waals surface area contributed by atoms with E-state index in [9.17, 15) is 0 Å². The largest absolute Gasteiger partial charge is 0.385 e. The maximum absolute atomic E-state index is 5.16. The van der Waals surface area contributed by atoms with Gasteiger partial charge in [-0.25, -0.2) is 9.97 Å². The molecule has 0 unspecified atom stereocenters.